The van der Waals surface area contributed by atoms with Crippen molar-refractivity contribution in [1.29, 1.82) is 0 Å². The minimum atomic E-state index is -1.05. The molecule has 0 saturated heterocycles. The third-order valence-electron chi connectivity index (χ3n) is 3.66. The Morgan fingerprint density at radius 3 is 2.47 bits per heavy atom. The first-order valence-corrected chi connectivity index (χ1v) is 7.57. The summed E-state index contributed by atoms with van der Waals surface area (Å²) in [6.07, 6.45) is 5.19. The van der Waals surface area contributed by atoms with E-state index in [1.54, 1.807) is 0 Å². The van der Waals surface area contributed by atoms with Crippen molar-refractivity contribution in [2.24, 2.45) is 0 Å². The topological polar surface area (TPSA) is 66.4 Å². The standard InChI is InChI=1S/C14H19NO3S/c16-12(10-11-6-5-9-19-11)15-14(13(17)18)7-3-1-2-4-8-14/h5-6,9H,1-4,7-8,10H2,(H,15,16)(H,17,18). The Bertz CT molecular complexity index is 434. The van der Waals surface area contributed by atoms with E-state index in [-0.39, 0.29) is 12.3 Å². The van der Waals surface area contributed by atoms with Crippen molar-refractivity contribution in [3.63, 3.8) is 0 Å². The zero-order valence-electron chi connectivity index (χ0n) is 10.9. The lowest BCUT2D eigenvalue weighted by molar-refractivity contribution is -0.148. The van der Waals surface area contributed by atoms with Crippen LogP contribution in [0.15, 0.2) is 17.5 Å². The number of hydrogen-bond donors (Lipinski definition) is 2. The first-order chi connectivity index (χ1) is 9.12. The van der Waals surface area contributed by atoms with Gasteiger partial charge in [0.2, 0.25) is 5.91 Å². The van der Waals surface area contributed by atoms with Gasteiger partial charge in [-0.25, -0.2) is 4.79 Å². The highest BCUT2D eigenvalue weighted by Gasteiger charge is 2.39. The molecule has 0 bridgehead atoms. The van der Waals surface area contributed by atoms with E-state index in [1.807, 2.05) is 17.5 Å². The molecule has 0 spiro atoms. The quantitative estimate of drug-likeness (QED) is 0.834. The Hall–Kier alpha value is -1.36. The maximum atomic E-state index is 12.0. The lowest BCUT2D eigenvalue weighted by atomic mass is 9.90. The molecule has 1 amide bonds. The predicted molar refractivity (Wildman–Crippen MR) is 74.2 cm³/mol. The summed E-state index contributed by atoms with van der Waals surface area (Å²) < 4.78 is 0. The Balaban J connectivity index is 2.03. The van der Waals surface area contributed by atoms with Gasteiger partial charge in [0.1, 0.15) is 5.54 Å². The van der Waals surface area contributed by atoms with Gasteiger partial charge in [-0.1, -0.05) is 31.7 Å². The second kappa shape index (κ2) is 6.19. The zero-order chi connectivity index (χ0) is 13.7. The third kappa shape index (κ3) is 3.56. The minimum Gasteiger partial charge on any atom is -0.480 e. The maximum Gasteiger partial charge on any atom is 0.329 e. The molecule has 0 atom stereocenters. The van der Waals surface area contributed by atoms with Crippen LogP contribution < -0.4 is 5.32 Å². The van der Waals surface area contributed by atoms with Crippen LogP contribution in [-0.4, -0.2) is 22.5 Å². The van der Waals surface area contributed by atoms with Crippen molar-refractivity contribution >= 4 is 23.2 Å². The second-order valence-corrected chi connectivity index (χ2v) is 6.14. The van der Waals surface area contributed by atoms with Crippen LogP contribution >= 0.6 is 11.3 Å². The maximum absolute atomic E-state index is 12.0. The fraction of sp³-hybridized carbons (Fsp3) is 0.571. The molecule has 104 valence electrons. The van der Waals surface area contributed by atoms with Crippen LogP contribution in [0.25, 0.3) is 0 Å². The average Bonchev–Trinajstić information content (AvgIpc) is 2.73. The van der Waals surface area contributed by atoms with E-state index in [1.165, 1.54) is 11.3 Å². The number of hydrogen-bond acceptors (Lipinski definition) is 3. The van der Waals surface area contributed by atoms with Gasteiger partial charge in [0.25, 0.3) is 0 Å². The van der Waals surface area contributed by atoms with Crippen molar-refractivity contribution in [2.75, 3.05) is 0 Å². The Kier molecular flexibility index (Phi) is 4.58. The molecule has 19 heavy (non-hydrogen) atoms. The molecule has 1 heterocycles. The molecule has 0 radical (unpaired) electrons. The van der Waals surface area contributed by atoms with Crippen LogP contribution in [-0.2, 0) is 16.0 Å². The SMILES string of the molecule is O=C(Cc1cccs1)NC1(C(=O)O)CCCCCC1. The summed E-state index contributed by atoms with van der Waals surface area (Å²) in [6, 6.07) is 3.79. The van der Waals surface area contributed by atoms with E-state index in [0.717, 1.165) is 30.6 Å². The summed E-state index contributed by atoms with van der Waals surface area (Å²) in [5, 5.41) is 14.2. The molecular weight excluding hydrogens is 262 g/mol. The number of carbonyl (C=O) groups excluding carboxylic acids is 1. The molecule has 0 aliphatic heterocycles. The summed E-state index contributed by atoms with van der Waals surface area (Å²) in [4.78, 5) is 24.6. The molecular formula is C14H19NO3S. The number of rotatable bonds is 4. The van der Waals surface area contributed by atoms with Gasteiger partial charge < -0.3 is 10.4 Å². The number of nitrogens with one attached hydrogen (secondary N) is 1. The lowest BCUT2D eigenvalue weighted by Gasteiger charge is -2.29. The van der Waals surface area contributed by atoms with Crippen molar-refractivity contribution in [3.8, 4) is 0 Å². The summed E-state index contributed by atoms with van der Waals surface area (Å²) in [5.41, 5.74) is -1.05. The number of aliphatic carboxylic acids is 1. The molecule has 1 aliphatic rings. The van der Waals surface area contributed by atoms with Gasteiger partial charge in [-0.05, 0) is 24.3 Å². The smallest absolute Gasteiger partial charge is 0.329 e. The van der Waals surface area contributed by atoms with Crippen molar-refractivity contribution < 1.29 is 14.7 Å². The number of carboxylic acids is 1. The summed E-state index contributed by atoms with van der Waals surface area (Å²) in [5.74, 6) is -1.08. The van der Waals surface area contributed by atoms with Crippen LogP contribution in [0.1, 0.15) is 43.4 Å². The van der Waals surface area contributed by atoms with Crippen LogP contribution in [0.5, 0.6) is 0 Å². The summed E-state index contributed by atoms with van der Waals surface area (Å²) in [7, 11) is 0. The molecule has 0 unspecified atom stereocenters. The Morgan fingerprint density at radius 1 is 1.26 bits per heavy atom. The molecule has 1 aromatic rings. The normalized spacial score (nSPS) is 18.5. The summed E-state index contributed by atoms with van der Waals surface area (Å²) >= 11 is 1.52. The van der Waals surface area contributed by atoms with Crippen LogP contribution in [0.2, 0.25) is 0 Å². The first kappa shape index (κ1) is 14.1. The van der Waals surface area contributed by atoms with Crippen LogP contribution in [0.3, 0.4) is 0 Å². The van der Waals surface area contributed by atoms with Crippen LogP contribution in [0.4, 0.5) is 0 Å². The molecule has 1 aromatic heterocycles. The third-order valence-corrected chi connectivity index (χ3v) is 4.54. The molecule has 0 aromatic carbocycles. The van der Waals surface area contributed by atoms with Gasteiger partial charge in [0, 0.05) is 4.88 Å². The first-order valence-electron chi connectivity index (χ1n) is 6.69. The molecule has 2 rings (SSSR count). The molecule has 2 N–H and O–H groups in total. The van der Waals surface area contributed by atoms with E-state index in [0.29, 0.717) is 12.8 Å². The van der Waals surface area contributed by atoms with Gasteiger partial charge in [-0.3, -0.25) is 4.79 Å². The molecule has 4 nitrogen and oxygen atoms in total. The highest BCUT2D eigenvalue weighted by Crippen LogP contribution is 2.27. The average molecular weight is 281 g/mol. The van der Waals surface area contributed by atoms with Gasteiger partial charge in [-0.15, -0.1) is 11.3 Å². The number of carboxylic acid groups (broad SMARTS) is 1. The largest absolute Gasteiger partial charge is 0.480 e. The number of carbonyl (C=O) groups is 2. The number of thiophene rings is 1. The van der Waals surface area contributed by atoms with Gasteiger partial charge in [-0.2, -0.15) is 0 Å². The predicted octanol–water partition coefficient (Wildman–Crippen LogP) is 2.58. The highest BCUT2D eigenvalue weighted by molar-refractivity contribution is 7.10. The molecule has 1 saturated carbocycles. The molecule has 1 aliphatic carbocycles. The fourth-order valence-corrected chi connectivity index (χ4v) is 3.31. The van der Waals surface area contributed by atoms with Crippen molar-refractivity contribution in [2.45, 2.75) is 50.5 Å². The van der Waals surface area contributed by atoms with Gasteiger partial charge in [0.15, 0.2) is 0 Å². The zero-order valence-corrected chi connectivity index (χ0v) is 11.7. The van der Waals surface area contributed by atoms with E-state index in [9.17, 15) is 14.7 Å². The van der Waals surface area contributed by atoms with E-state index in [4.69, 9.17) is 0 Å². The molecule has 1 fully saturated rings. The Morgan fingerprint density at radius 2 is 1.95 bits per heavy atom. The fourth-order valence-electron chi connectivity index (χ4n) is 2.61. The second-order valence-electron chi connectivity index (χ2n) is 5.11. The van der Waals surface area contributed by atoms with E-state index < -0.39 is 11.5 Å². The van der Waals surface area contributed by atoms with E-state index in [2.05, 4.69) is 5.32 Å². The molecule has 5 heteroatoms. The number of amides is 1. The monoisotopic (exact) mass is 281 g/mol. The van der Waals surface area contributed by atoms with Gasteiger partial charge >= 0.3 is 5.97 Å². The van der Waals surface area contributed by atoms with Crippen LogP contribution in [0, 0.1) is 0 Å². The van der Waals surface area contributed by atoms with Crippen molar-refractivity contribution in [3.05, 3.63) is 22.4 Å². The Labute approximate surface area is 116 Å². The lowest BCUT2D eigenvalue weighted by Crippen LogP contribution is -2.54. The highest BCUT2D eigenvalue weighted by atomic mass is 32.1. The minimum absolute atomic E-state index is 0.188. The van der Waals surface area contributed by atoms with Gasteiger partial charge in [0.05, 0.1) is 6.42 Å². The van der Waals surface area contributed by atoms with Crippen molar-refractivity contribution in [1.82, 2.24) is 5.32 Å². The summed E-state index contributed by atoms with van der Waals surface area (Å²) in [6.45, 7) is 0. The van der Waals surface area contributed by atoms with E-state index >= 15 is 0 Å².